The molecule has 0 spiro atoms. The second-order valence-electron chi connectivity index (χ2n) is 14.4. The van der Waals surface area contributed by atoms with Crippen molar-refractivity contribution in [3.63, 3.8) is 0 Å². The van der Waals surface area contributed by atoms with Gasteiger partial charge in [-0.05, 0) is 74.5 Å². The zero-order valence-electron chi connectivity index (χ0n) is 26.5. The van der Waals surface area contributed by atoms with Crippen molar-refractivity contribution >= 4 is 23.1 Å². The lowest BCUT2D eigenvalue weighted by Gasteiger charge is -2.60. The van der Waals surface area contributed by atoms with Crippen LogP contribution in [0.3, 0.4) is 0 Å². The van der Waals surface area contributed by atoms with Gasteiger partial charge in [-0.25, -0.2) is 0 Å². The number of aliphatic hydroxyl groups excluding tert-OH is 2. The molecule has 0 aliphatic heterocycles. The van der Waals surface area contributed by atoms with Gasteiger partial charge in [0, 0.05) is 22.3 Å². The highest BCUT2D eigenvalue weighted by atomic mass is 16.3. The molecule has 0 saturated heterocycles. The number of phenolic OH excluding ortho intramolecular Hbond substituents is 1. The van der Waals surface area contributed by atoms with Gasteiger partial charge in [0.1, 0.15) is 22.8 Å². The number of carbonyl (C=O) groups is 3. The number of phenols is 1. The van der Waals surface area contributed by atoms with Gasteiger partial charge in [0.05, 0.1) is 5.56 Å². The number of aryl methyl sites for hydroxylation is 1. The summed E-state index contributed by atoms with van der Waals surface area (Å²) in [6, 6.07) is 2.01. The van der Waals surface area contributed by atoms with E-state index in [9.17, 15) is 34.8 Å². The number of ketones is 3. The number of fused-ring (bicyclic) bond motifs is 3. The van der Waals surface area contributed by atoms with E-state index in [1.54, 1.807) is 20.8 Å². The van der Waals surface area contributed by atoms with Crippen LogP contribution in [0.4, 0.5) is 0 Å². The predicted molar refractivity (Wildman–Crippen MR) is 165 cm³/mol. The first-order valence-electron chi connectivity index (χ1n) is 15.3. The number of Topliss-reactive ketones (excluding diaryl/α,β-unsaturated/α-hetero) is 3. The van der Waals surface area contributed by atoms with Gasteiger partial charge in [-0.1, -0.05) is 70.9 Å². The fraction of sp³-hybridized carbons (Fsp3) is 0.528. The van der Waals surface area contributed by atoms with Crippen molar-refractivity contribution in [2.75, 3.05) is 0 Å². The van der Waals surface area contributed by atoms with E-state index in [1.165, 1.54) is 11.1 Å². The third-order valence-corrected chi connectivity index (χ3v) is 10.6. The van der Waals surface area contributed by atoms with E-state index in [0.29, 0.717) is 12.0 Å². The van der Waals surface area contributed by atoms with E-state index < -0.39 is 56.8 Å². The molecule has 43 heavy (non-hydrogen) atoms. The molecule has 1 saturated carbocycles. The van der Waals surface area contributed by atoms with E-state index in [4.69, 9.17) is 0 Å². The number of aromatic hydroxyl groups is 1. The van der Waals surface area contributed by atoms with Crippen LogP contribution < -0.4 is 0 Å². The fourth-order valence-electron chi connectivity index (χ4n) is 8.78. The number of hydrogen-bond acceptors (Lipinski definition) is 7. The Labute approximate surface area is 253 Å². The third kappa shape index (κ3) is 4.21. The molecule has 0 radical (unpaired) electrons. The van der Waals surface area contributed by atoms with Crippen molar-refractivity contribution in [2.24, 2.45) is 22.7 Å². The Bertz CT molecular complexity index is 1600. The third-order valence-electron chi connectivity index (χ3n) is 10.6. The van der Waals surface area contributed by atoms with Crippen LogP contribution in [0.15, 0.2) is 46.3 Å². The van der Waals surface area contributed by atoms with Gasteiger partial charge >= 0.3 is 0 Å². The molecule has 0 bridgehead atoms. The number of hydrogen-bond donors (Lipinski definition) is 4. The number of rotatable bonds is 6. The molecule has 1 unspecified atom stereocenters. The van der Waals surface area contributed by atoms with E-state index in [2.05, 4.69) is 32.9 Å². The van der Waals surface area contributed by atoms with Crippen LogP contribution in [0.25, 0.3) is 5.76 Å². The molecule has 5 rings (SSSR count). The average Bonchev–Trinajstić information content (AvgIpc) is 3.30. The SMILES string of the molecule is CC(=O)C1=C(O)[C@]2(O)C(=O)C3=C(O)c4c(O)c(CCC5=CC(C)=CC5)cc(C(C)C)c4C[C@]3(C)C[C@]2(C)C(C(C)C)C1=O. The molecule has 1 aromatic carbocycles. The van der Waals surface area contributed by atoms with Crippen LogP contribution in [0.5, 0.6) is 5.75 Å². The summed E-state index contributed by atoms with van der Waals surface area (Å²) >= 11 is 0. The number of allylic oxidation sites excluding steroid dienone is 5. The van der Waals surface area contributed by atoms with Gasteiger partial charge in [0.15, 0.2) is 17.2 Å². The molecular formula is C36H44O7. The molecule has 7 nitrogen and oxygen atoms in total. The van der Waals surface area contributed by atoms with Crippen molar-refractivity contribution in [2.45, 2.75) is 99.0 Å². The Morgan fingerprint density at radius 1 is 1.07 bits per heavy atom. The van der Waals surface area contributed by atoms with Crippen molar-refractivity contribution in [3.05, 3.63) is 68.5 Å². The maximum absolute atomic E-state index is 14.6. The fourth-order valence-corrected chi connectivity index (χ4v) is 8.78. The Morgan fingerprint density at radius 3 is 2.26 bits per heavy atom. The maximum Gasteiger partial charge on any atom is 0.203 e. The normalized spacial score (nSPS) is 30.4. The smallest absolute Gasteiger partial charge is 0.203 e. The molecule has 0 heterocycles. The number of aliphatic hydroxyl groups is 3. The summed E-state index contributed by atoms with van der Waals surface area (Å²) in [6.45, 7) is 14.4. The zero-order chi connectivity index (χ0) is 32.0. The minimum Gasteiger partial charge on any atom is -0.508 e. The molecule has 230 valence electrons. The molecule has 7 heteroatoms. The summed E-state index contributed by atoms with van der Waals surface area (Å²) in [5.74, 6) is -4.94. The van der Waals surface area contributed by atoms with E-state index in [1.807, 2.05) is 13.0 Å². The van der Waals surface area contributed by atoms with Gasteiger partial charge in [0.25, 0.3) is 0 Å². The van der Waals surface area contributed by atoms with Gasteiger partial charge in [0.2, 0.25) is 5.78 Å². The minimum absolute atomic E-state index is 0.0530. The van der Waals surface area contributed by atoms with Crippen LogP contribution >= 0.6 is 0 Å². The lowest BCUT2D eigenvalue weighted by Crippen LogP contribution is -2.69. The molecule has 0 aromatic heterocycles. The Kier molecular flexibility index (Phi) is 7.24. The molecule has 1 aromatic rings. The second-order valence-corrected chi connectivity index (χ2v) is 14.4. The highest BCUT2D eigenvalue weighted by Crippen LogP contribution is 2.65. The van der Waals surface area contributed by atoms with Crippen LogP contribution in [-0.2, 0) is 27.2 Å². The molecule has 4 aliphatic carbocycles. The van der Waals surface area contributed by atoms with E-state index in [0.717, 1.165) is 30.9 Å². The van der Waals surface area contributed by atoms with Gasteiger partial charge in [-0.2, -0.15) is 0 Å². The van der Waals surface area contributed by atoms with Crippen LogP contribution in [-0.4, -0.2) is 43.4 Å². The monoisotopic (exact) mass is 588 g/mol. The Morgan fingerprint density at radius 2 is 1.72 bits per heavy atom. The first-order valence-corrected chi connectivity index (χ1v) is 15.3. The van der Waals surface area contributed by atoms with E-state index in [-0.39, 0.29) is 41.6 Å². The van der Waals surface area contributed by atoms with Crippen molar-refractivity contribution in [1.29, 1.82) is 0 Å². The average molecular weight is 589 g/mol. The predicted octanol–water partition coefficient (Wildman–Crippen LogP) is 6.52. The number of benzene rings is 1. The number of carbonyl (C=O) groups excluding carboxylic acids is 3. The summed E-state index contributed by atoms with van der Waals surface area (Å²) in [5.41, 5.74) is -0.716. The second kappa shape index (κ2) is 10.0. The lowest BCUT2D eigenvalue weighted by atomic mass is 9.43. The highest BCUT2D eigenvalue weighted by Gasteiger charge is 2.72. The Balaban J connectivity index is 1.74. The summed E-state index contributed by atoms with van der Waals surface area (Å²) in [6.07, 6.45) is 6.84. The van der Waals surface area contributed by atoms with E-state index >= 15 is 0 Å². The van der Waals surface area contributed by atoms with Crippen molar-refractivity contribution in [1.82, 2.24) is 0 Å². The standard InChI is InChI=1S/C36H44O7/c1-17(2)23-14-22(12-11-21-10-9-19(5)13-21)29(38)26-24(23)15-34(7)16-35(8)27(18(3)4)30(39)25(20(6)37)32(41)36(35,43)33(42)28(34)31(26)40/h9,13-14,17-18,27,38,40-41,43H,10-12,15-16H2,1-8H3/t27?,34-,35-,36+/m1/s1. The zero-order valence-corrected chi connectivity index (χ0v) is 26.5. The Hall–Kier alpha value is -3.45. The molecular weight excluding hydrogens is 544 g/mol. The van der Waals surface area contributed by atoms with Gasteiger partial charge in [-0.3, -0.25) is 14.4 Å². The molecule has 4 N–H and O–H groups in total. The summed E-state index contributed by atoms with van der Waals surface area (Å²) in [4.78, 5) is 40.8. The first kappa shape index (κ1) is 31.0. The quantitative estimate of drug-likeness (QED) is 0.278. The molecule has 4 aliphatic rings. The molecule has 0 amide bonds. The topological polar surface area (TPSA) is 132 Å². The first-order chi connectivity index (χ1) is 19.9. The van der Waals surface area contributed by atoms with Crippen LogP contribution in [0, 0.1) is 22.7 Å². The summed E-state index contributed by atoms with van der Waals surface area (Å²) in [5, 5.41) is 47.2. The summed E-state index contributed by atoms with van der Waals surface area (Å²) in [7, 11) is 0. The molecule has 1 fully saturated rings. The van der Waals surface area contributed by atoms with Gasteiger partial charge < -0.3 is 20.4 Å². The van der Waals surface area contributed by atoms with Crippen molar-refractivity contribution < 1.29 is 34.8 Å². The largest absolute Gasteiger partial charge is 0.508 e. The maximum atomic E-state index is 14.6. The minimum atomic E-state index is -2.61. The summed E-state index contributed by atoms with van der Waals surface area (Å²) < 4.78 is 0. The van der Waals surface area contributed by atoms with Crippen LogP contribution in [0.1, 0.15) is 103 Å². The lowest BCUT2D eigenvalue weighted by molar-refractivity contribution is -0.178. The van der Waals surface area contributed by atoms with Crippen molar-refractivity contribution in [3.8, 4) is 5.75 Å². The molecule has 4 atom stereocenters. The highest BCUT2D eigenvalue weighted by molar-refractivity contribution is 6.24. The van der Waals surface area contributed by atoms with Crippen LogP contribution in [0.2, 0.25) is 0 Å². The van der Waals surface area contributed by atoms with Gasteiger partial charge in [-0.15, -0.1) is 0 Å².